The molecule has 1 atom stereocenters. The molecule has 264 valence electrons. The summed E-state index contributed by atoms with van der Waals surface area (Å²) in [7, 11) is 0. The predicted octanol–water partition coefficient (Wildman–Crippen LogP) is 5.72. The normalized spacial score (nSPS) is 26.4. The predicted molar refractivity (Wildman–Crippen MR) is 203 cm³/mol. The molecule has 50 heavy (non-hydrogen) atoms. The topological polar surface area (TPSA) is 0 Å². The number of hydrogen-bond donors (Lipinski definition) is 0. The van der Waals surface area contributed by atoms with Crippen molar-refractivity contribution in [1.29, 1.82) is 0 Å². The molecule has 0 nitrogen and oxygen atoms in total. The number of benzene rings is 3. The zero-order valence-electron chi connectivity index (χ0n) is 32.1. The second-order valence-electron chi connectivity index (χ2n) is 19.1. The Balaban J connectivity index is 0.00000216. The van der Waals surface area contributed by atoms with Crippen molar-refractivity contribution in [3.05, 3.63) is 108 Å². The Morgan fingerprint density at radius 2 is 1.36 bits per heavy atom. The number of fused-ring (bicyclic) bond motifs is 3. The molecule has 6 aliphatic carbocycles. The minimum absolute atomic E-state index is 0. The summed E-state index contributed by atoms with van der Waals surface area (Å²) < 4.78 is 6.47. The molecule has 0 saturated heterocycles. The minimum Gasteiger partial charge on any atom is -1.00 e. The van der Waals surface area contributed by atoms with Crippen LogP contribution >= 0.6 is 0 Å². The molecule has 0 spiro atoms. The van der Waals surface area contributed by atoms with Crippen molar-refractivity contribution in [3.63, 3.8) is 0 Å². The van der Waals surface area contributed by atoms with Crippen LogP contribution in [0, 0.1) is 36.0 Å². The van der Waals surface area contributed by atoms with Gasteiger partial charge in [0.05, 0.1) is 0 Å². The number of hydrogen-bond acceptors (Lipinski definition) is 0. The molecule has 1 unspecified atom stereocenters. The van der Waals surface area contributed by atoms with Crippen LogP contribution in [0.4, 0.5) is 0 Å². The Morgan fingerprint density at radius 3 is 1.94 bits per heavy atom. The van der Waals surface area contributed by atoms with Gasteiger partial charge in [0.25, 0.3) is 0 Å². The van der Waals surface area contributed by atoms with Gasteiger partial charge in [-0.05, 0) is 0 Å². The van der Waals surface area contributed by atoms with E-state index in [0.29, 0.717) is 11.3 Å². The van der Waals surface area contributed by atoms with E-state index in [1.807, 2.05) is 3.28 Å². The van der Waals surface area contributed by atoms with Gasteiger partial charge in [-0.1, -0.05) is 0 Å². The molecule has 4 saturated carbocycles. The van der Waals surface area contributed by atoms with E-state index in [2.05, 4.69) is 127 Å². The second-order valence-corrected chi connectivity index (χ2v) is 24.4. The first-order valence-corrected chi connectivity index (χ1v) is 23.1. The summed E-state index contributed by atoms with van der Waals surface area (Å²) in [6.45, 7) is 21.8. The van der Waals surface area contributed by atoms with Crippen LogP contribution in [-0.2, 0) is 38.5 Å². The number of allylic oxidation sites excluding steroid dienone is 4. The average molecular weight is 785 g/mol. The van der Waals surface area contributed by atoms with Crippen LogP contribution in [0.5, 0.6) is 0 Å². The molecule has 0 aromatic heterocycles. The van der Waals surface area contributed by atoms with Gasteiger partial charge in [0.2, 0.25) is 0 Å². The summed E-state index contributed by atoms with van der Waals surface area (Å²) in [4.78, 5) is 0. The number of aryl methyl sites for hydroxylation is 1. The van der Waals surface area contributed by atoms with Crippen molar-refractivity contribution in [2.45, 2.75) is 125 Å². The van der Waals surface area contributed by atoms with Gasteiger partial charge in [0.1, 0.15) is 0 Å². The Kier molecular flexibility index (Phi) is 10.5. The zero-order valence-corrected chi connectivity index (χ0v) is 36.0. The van der Waals surface area contributed by atoms with E-state index in [1.54, 1.807) is 25.5 Å². The molecule has 4 bridgehead atoms. The molecular weight excluding hydrogens is 727 g/mol. The first-order chi connectivity index (χ1) is 22.7. The first kappa shape index (κ1) is 38.2. The average Bonchev–Trinajstić information content (AvgIpc) is 3.50. The third-order valence-electron chi connectivity index (χ3n) is 13.2. The maximum absolute atomic E-state index is 2.84. The molecule has 3 aromatic rings. The summed E-state index contributed by atoms with van der Waals surface area (Å²) in [6, 6.07) is 21.9. The van der Waals surface area contributed by atoms with Crippen LogP contribution < -0.4 is 28.1 Å². The van der Waals surface area contributed by atoms with Crippen molar-refractivity contribution >= 4 is 6.98 Å². The summed E-state index contributed by atoms with van der Waals surface area (Å²) in [5.74, 6) is 3.58. The van der Waals surface area contributed by atoms with Gasteiger partial charge in [-0.25, -0.2) is 0 Å². The summed E-state index contributed by atoms with van der Waals surface area (Å²) in [6.07, 6.45) is 14.3. The van der Waals surface area contributed by atoms with E-state index in [1.165, 1.54) is 78.3 Å². The number of rotatable bonds is 5. The van der Waals surface area contributed by atoms with Crippen LogP contribution in [0.2, 0.25) is 0 Å². The molecule has 0 N–H and O–H groups in total. The third kappa shape index (κ3) is 6.85. The van der Waals surface area contributed by atoms with Gasteiger partial charge in [-0.3, -0.25) is 0 Å². The Morgan fingerprint density at radius 1 is 0.760 bits per heavy atom. The zero-order chi connectivity index (χ0) is 33.7. The van der Waals surface area contributed by atoms with Gasteiger partial charge < -0.3 is 24.8 Å². The first-order valence-electron chi connectivity index (χ1n) is 19.2. The van der Waals surface area contributed by atoms with E-state index in [0.717, 1.165) is 24.2 Å². The fraction of sp³-hybridized carbons (Fsp3) is 0.511. The second kappa shape index (κ2) is 13.7. The minimum atomic E-state index is -2.64. The summed E-state index contributed by atoms with van der Waals surface area (Å²) in [5.41, 5.74) is 16.3. The maximum atomic E-state index is 2.84. The molecule has 0 aliphatic heterocycles. The quantitative estimate of drug-likeness (QED) is 0.243. The fourth-order valence-electron chi connectivity index (χ4n) is 11.4. The number of halogens is 2. The smallest absolute Gasteiger partial charge is 1.00 e. The van der Waals surface area contributed by atoms with Gasteiger partial charge in [0, 0.05) is 0 Å². The van der Waals surface area contributed by atoms with Gasteiger partial charge >= 0.3 is 301 Å². The van der Waals surface area contributed by atoms with Crippen molar-refractivity contribution in [3.8, 4) is 11.1 Å². The maximum Gasteiger partial charge on any atom is -1.00 e. The van der Waals surface area contributed by atoms with E-state index in [4.69, 9.17) is 0 Å². The van der Waals surface area contributed by atoms with E-state index < -0.39 is 21.3 Å². The third-order valence-corrected chi connectivity index (χ3v) is 20.9. The fourth-order valence-corrected chi connectivity index (χ4v) is 20.0. The van der Waals surface area contributed by atoms with Gasteiger partial charge in [0.15, 0.2) is 0 Å². The van der Waals surface area contributed by atoms with Crippen LogP contribution in [0.25, 0.3) is 11.1 Å². The Bertz CT molecular complexity index is 1850. The van der Waals surface area contributed by atoms with Crippen LogP contribution in [0.15, 0.2) is 75.1 Å². The van der Waals surface area contributed by atoms with Crippen LogP contribution in [-0.4, -0.2) is 3.71 Å². The molecule has 4 fully saturated rings. The van der Waals surface area contributed by atoms with Crippen molar-refractivity contribution in [2.75, 3.05) is 0 Å². The molecule has 6 aliphatic rings. The Hall–Kier alpha value is -1.53. The molecule has 0 heterocycles. The Labute approximate surface area is 324 Å². The van der Waals surface area contributed by atoms with Gasteiger partial charge in [-0.15, -0.1) is 0 Å². The van der Waals surface area contributed by atoms with Gasteiger partial charge in [-0.2, -0.15) is 0 Å². The molecule has 0 amide bonds. The van der Waals surface area contributed by atoms with E-state index in [9.17, 15) is 0 Å². The standard InChI is InChI=1S/C21H25.C18H25.C8H8.2ClH.Zr/c1-20(2,3)16-7-9-18-14(12-16)11-15-13-17(21(4,5)6)8-10-19(15)18;1-12-3-13(2)17(4-12)11-18-8-14-5-15(9-18)7-16(6-14)10-18;1-7-3-5-8(2)6-4-7;;;/h7-10,12H,11H2,1-6H3;4,12,14-16H,5-11H2,1-2H3;1,3-6H,2H3;2*1H;/q;;;;;+2/p-2. The largest absolute Gasteiger partial charge is 1.00 e. The molecular formula is C47H58Cl2Zr. The van der Waals surface area contributed by atoms with E-state index in [-0.39, 0.29) is 35.6 Å². The summed E-state index contributed by atoms with van der Waals surface area (Å²) >= 11 is -2.64. The van der Waals surface area contributed by atoms with E-state index >= 15 is 0 Å². The molecule has 3 aromatic carbocycles. The van der Waals surface area contributed by atoms with Crippen molar-refractivity contribution in [2.24, 2.45) is 29.1 Å². The monoisotopic (exact) mass is 782 g/mol. The molecule has 9 rings (SSSR count). The molecule has 3 heteroatoms. The van der Waals surface area contributed by atoms with Crippen molar-refractivity contribution < 1.29 is 46.1 Å². The summed E-state index contributed by atoms with van der Waals surface area (Å²) in [5, 5.41) is 0. The van der Waals surface area contributed by atoms with Crippen molar-refractivity contribution in [1.82, 2.24) is 0 Å². The SMILES string of the molecule is CC1=[C](/[Zr+2](=[CH]/c2ccc(C)cc2)[c]2c(C(C)(C)C)ccc3c2Cc2cc(C(C)(C)C)ccc2-3)C(C)C=C1CC12CC3CC(CC(C3)C1)C2.[Cl-].[Cl-]. The van der Waals surface area contributed by atoms with Crippen LogP contribution in [0.3, 0.4) is 0 Å². The molecule has 0 radical (unpaired) electrons. The van der Waals surface area contributed by atoms with Crippen LogP contribution in [0.1, 0.15) is 134 Å².